The Hall–Kier alpha value is -2.68. The third-order valence-corrected chi connectivity index (χ3v) is 3.56. The second-order valence-corrected chi connectivity index (χ2v) is 4.83. The van der Waals surface area contributed by atoms with Gasteiger partial charge in [-0.15, -0.1) is 0 Å². The van der Waals surface area contributed by atoms with E-state index in [2.05, 4.69) is 25.8 Å². The fourth-order valence-electron chi connectivity index (χ4n) is 2.42. The summed E-state index contributed by atoms with van der Waals surface area (Å²) in [5.41, 5.74) is 1.42. The molecule has 0 amide bonds. The Kier molecular flexibility index (Phi) is 3.65. The van der Waals surface area contributed by atoms with Crippen molar-refractivity contribution >= 4 is 11.5 Å². The van der Waals surface area contributed by atoms with Crippen LogP contribution in [0.2, 0.25) is 0 Å². The molecule has 1 saturated heterocycles. The number of rotatable bonds is 2. The summed E-state index contributed by atoms with van der Waals surface area (Å²) in [6, 6.07) is 8.96. The molecule has 1 fully saturated rings. The fourth-order valence-corrected chi connectivity index (χ4v) is 2.42. The second-order valence-electron chi connectivity index (χ2n) is 4.83. The van der Waals surface area contributed by atoms with E-state index < -0.39 is 5.95 Å². The van der Waals surface area contributed by atoms with Gasteiger partial charge in [0.05, 0.1) is 5.56 Å². The minimum atomic E-state index is -0.455. The van der Waals surface area contributed by atoms with E-state index in [9.17, 15) is 4.39 Å². The lowest BCUT2D eigenvalue weighted by Gasteiger charge is -2.36. The smallest absolute Gasteiger partial charge is 0.214 e. The zero-order valence-electron chi connectivity index (χ0n) is 11.4. The van der Waals surface area contributed by atoms with Crippen molar-refractivity contribution in [3.63, 3.8) is 0 Å². The van der Waals surface area contributed by atoms with E-state index in [0.29, 0.717) is 5.56 Å². The van der Waals surface area contributed by atoms with Crippen molar-refractivity contribution in [3.05, 3.63) is 48.2 Å². The molecule has 21 heavy (non-hydrogen) atoms. The highest BCUT2D eigenvalue weighted by Crippen LogP contribution is 2.19. The van der Waals surface area contributed by atoms with Crippen LogP contribution in [-0.4, -0.2) is 36.1 Å². The molecular formula is C15H14FN5. The van der Waals surface area contributed by atoms with Gasteiger partial charge in [-0.2, -0.15) is 9.65 Å². The van der Waals surface area contributed by atoms with E-state index in [-0.39, 0.29) is 0 Å². The lowest BCUT2D eigenvalue weighted by atomic mass is 10.2. The molecule has 3 heterocycles. The highest BCUT2D eigenvalue weighted by molar-refractivity contribution is 5.49. The van der Waals surface area contributed by atoms with Crippen LogP contribution in [0.3, 0.4) is 0 Å². The van der Waals surface area contributed by atoms with E-state index in [4.69, 9.17) is 5.26 Å². The molecule has 5 nitrogen and oxygen atoms in total. The van der Waals surface area contributed by atoms with E-state index in [1.807, 2.05) is 12.1 Å². The molecule has 0 aromatic carbocycles. The molecule has 0 spiro atoms. The average Bonchev–Trinajstić information content (AvgIpc) is 2.55. The quantitative estimate of drug-likeness (QED) is 0.787. The Bertz CT molecular complexity index is 657. The molecule has 2 aromatic heterocycles. The van der Waals surface area contributed by atoms with E-state index in [1.165, 1.54) is 12.3 Å². The van der Waals surface area contributed by atoms with Crippen LogP contribution in [0.1, 0.15) is 5.56 Å². The molecule has 3 rings (SSSR count). The van der Waals surface area contributed by atoms with Gasteiger partial charge < -0.3 is 9.80 Å². The summed E-state index contributed by atoms with van der Waals surface area (Å²) in [7, 11) is 0. The minimum Gasteiger partial charge on any atom is -0.368 e. The predicted molar refractivity (Wildman–Crippen MR) is 77.6 cm³/mol. The van der Waals surface area contributed by atoms with Crippen molar-refractivity contribution in [2.24, 2.45) is 0 Å². The van der Waals surface area contributed by atoms with Gasteiger partial charge in [0.15, 0.2) is 0 Å². The Morgan fingerprint density at radius 3 is 2.43 bits per heavy atom. The number of piperazine rings is 1. The van der Waals surface area contributed by atoms with Crippen LogP contribution >= 0.6 is 0 Å². The average molecular weight is 283 g/mol. The summed E-state index contributed by atoms with van der Waals surface area (Å²) in [6.07, 6.45) is 3.07. The van der Waals surface area contributed by atoms with Crippen molar-refractivity contribution in [2.45, 2.75) is 0 Å². The highest BCUT2D eigenvalue weighted by atomic mass is 19.1. The normalized spacial score (nSPS) is 14.9. The molecular weight excluding hydrogens is 269 g/mol. The SMILES string of the molecule is N#Cc1ccc(N2CCN(c3ccnc(F)c3)CC2)nc1. The lowest BCUT2D eigenvalue weighted by molar-refractivity contribution is 0.580. The van der Waals surface area contributed by atoms with Gasteiger partial charge in [-0.25, -0.2) is 9.97 Å². The van der Waals surface area contributed by atoms with Crippen LogP contribution in [0.5, 0.6) is 0 Å². The first-order valence-corrected chi connectivity index (χ1v) is 6.74. The van der Waals surface area contributed by atoms with E-state index in [1.54, 1.807) is 12.3 Å². The van der Waals surface area contributed by atoms with Crippen LogP contribution in [-0.2, 0) is 0 Å². The van der Waals surface area contributed by atoms with Crippen molar-refractivity contribution in [2.75, 3.05) is 36.0 Å². The second kappa shape index (κ2) is 5.75. The Labute approximate surface area is 122 Å². The Morgan fingerprint density at radius 1 is 1.05 bits per heavy atom. The van der Waals surface area contributed by atoms with Gasteiger partial charge in [-0.05, 0) is 18.2 Å². The van der Waals surface area contributed by atoms with E-state index >= 15 is 0 Å². The summed E-state index contributed by atoms with van der Waals surface area (Å²) in [6.45, 7) is 3.21. The molecule has 106 valence electrons. The monoisotopic (exact) mass is 283 g/mol. The third kappa shape index (κ3) is 2.92. The number of aromatic nitrogens is 2. The maximum Gasteiger partial charge on any atom is 0.214 e. The largest absolute Gasteiger partial charge is 0.368 e. The van der Waals surface area contributed by atoms with Gasteiger partial charge in [0, 0.05) is 50.3 Å². The number of hydrogen-bond donors (Lipinski definition) is 0. The molecule has 0 aliphatic carbocycles. The number of nitriles is 1. The fraction of sp³-hybridized carbons (Fsp3) is 0.267. The van der Waals surface area contributed by atoms with Crippen molar-refractivity contribution < 1.29 is 4.39 Å². The van der Waals surface area contributed by atoms with Crippen LogP contribution < -0.4 is 9.80 Å². The first-order valence-electron chi connectivity index (χ1n) is 6.74. The Balaban J connectivity index is 1.66. The van der Waals surface area contributed by atoms with Crippen LogP contribution in [0.15, 0.2) is 36.7 Å². The summed E-state index contributed by atoms with van der Waals surface area (Å²) in [5, 5.41) is 8.78. The van der Waals surface area contributed by atoms with Crippen molar-refractivity contribution in [1.82, 2.24) is 9.97 Å². The zero-order chi connectivity index (χ0) is 14.7. The molecule has 0 radical (unpaired) electrons. The topological polar surface area (TPSA) is 56.1 Å². The van der Waals surface area contributed by atoms with Gasteiger partial charge in [0.1, 0.15) is 11.9 Å². The van der Waals surface area contributed by atoms with Crippen LogP contribution in [0.25, 0.3) is 0 Å². The van der Waals surface area contributed by atoms with Crippen molar-refractivity contribution in [3.8, 4) is 6.07 Å². The molecule has 1 aliphatic rings. The van der Waals surface area contributed by atoms with E-state index in [0.717, 1.165) is 37.7 Å². The van der Waals surface area contributed by atoms with Gasteiger partial charge in [-0.3, -0.25) is 0 Å². The van der Waals surface area contributed by atoms with Gasteiger partial charge in [0.25, 0.3) is 0 Å². The van der Waals surface area contributed by atoms with Gasteiger partial charge >= 0.3 is 0 Å². The third-order valence-electron chi connectivity index (χ3n) is 3.56. The zero-order valence-corrected chi connectivity index (χ0v) is 11.4. The molecule has 0 saturated carbocycles. The standard InChI is InChI=1S/C15H14FN5/c16-14-9-13(3-4-18-14)20-5-7-21(8-6-20)15-2-1-12(10-17)11-19-15/h1-4,9,11H,5-8H2. The van der Waals surface area contributed by atoms with Gasteiger partial charge in [0.2, 0.25) is 5.95 Å². The summed E-state index contributed by atoms with van der Waals surface area (Å²) >= 11 is 0. The number of anilines is 2. The number of pyridine rings is 2. The maximum absolute atomic E-state index is 13.2. The summed E-state index contributed by atoms with van der Waals surface area (Å²) in [5.74, 6) is 0.415. The number of nitrogens with zero attached hydrogens (tertiary/aromatic N) is 5. The lowest BCUT2D eigenvalue weighted by Crippen LogP contribution is -2.46. The Morgan fingerprint density at radius 2 is 1.81 bits per heavy atom. The molecule has 0 bridgehead atoms. The summed E-state index contributed by atoms with van der Waals surface area (Å²) < 4.78 is 13.2. The first-order chi connectivity index (χ1) is 10.3. The van der Waals surface area contributed by atoms with Crippen LogP contribution in [0, 0.1) is 17.3 Å². The number of hydrogen-bond acceptors (Lipinski definition) is 5. The molecule has 0 unspecified atom stereocenters. The highest BCUT2D eigenvalue weighted by Gasteiger charge is 2.18. The molecule has 2 aromatic rings. The van der Waals surface area contributed by atoms with Crippen molar-refractivity contribution in [1.29, 1.82) is 5.26 Å². The maximum atomic E-state index is 13.2. The molecule has 6 heteroatoms. The predicted octanol–water partition coefficient (Wildman–Crippen LogP) is 1.81. The molecule has 0 atom stereocenters. The molecule has 1 aliphatic heterocycles. The number of halogens is 1. The first kappa shape index (κ1) is 13.3. The van der Waals surface area contributed by atoms with Crippen LogP contribution in [0.4, 0.5) is 15.9 Å². The minimum absolute atomic E-state index is 0.455. The summed E-state index contributed by atoms with van der Waals surface area (Å²) in [4.78, 5) is 12.2. The molecule has 0 N–H and O–H groups in total. The van der Waals surface area contributed by atoms with Gasteiger partial charge in [-0.1, -0.05) is 0 Å².